The zero-order valence-electron chi connectivity index (χ0n) is 12.5. The predicted octanol–water partition coefficient (Wildman–Crippen LogP) is 3.81. The maximum Gasteiger partial charge on any atom is 0.268 e. The molecule has 0 saturated carbocycles. The number of hydrogen-bond acceptors (Lipinski definition) is 1. The third-order valence-corrected chi connectivity index (χ3v) is 3.91. The van der Waals surface area contributed by atoms with Gasteiger partial charge >= 0.3 is 0 Å². The van der Waals surface area contributed by atoms with Crippen LogP contribution >= 0.6 is 0 Å². The van der Waals surface area contributed by atoms with Crippen LogP contribution in [0.15, 0.2) is 54.6 Å². The lowest BCUT2D eigenvalue weighted by Gasteiger charge is -2.14. The molecule has 0 fully saturated rings. The smallest absolute Gasteiger partial charge is 0.268 e. The summed E-state index contributed by atoms with van der Waals surface area (Å²) >= 11 is 0. The highest BCUT2D eigenvalue weighted by atomic mass is 19.1. The molecule has 0 bridgehead atoms. The quantitative estimate of drug-likeness (QED) is 0.783. The first kappa shape index (κ1) is 14.3. The molecule has 3 nitrogen and oxygen atoms in total. The van der Waals surface area contributed by atoms with E-state index < -0.39 is 0 Å². The highest BCUT2D eigenvalue weighted by molar-refractivity contribution is 5.99. The van der Waals surface area contributed by atoms with E-state index in [1.54, 1.807) is 29.8 Å². The van der Waals surface area contributed by atoms with Gasteiger partial charge in [-0.3, -0.25) is 4.79 Å². The molecule has 1 amide bonds. The van der Waals surface area contributed by atoms with Gasteiger partial charge in [-0.05, 0) is 30.7 Å². The molecule has 0 aliphatic heterocycles. The largest absolute Gasteiger partial charge is 0.344 e. The topological polar surface area (TPSA) is 34.0 Å². The standard InChI is InChI=1S/C18H17FN2O/c1-12(13-7-4-3-5-8-13)20-18(22)17-11-14-15(19)9-6-10-16(14)21(17)2/h3-12H,1-2H3,(H,20,22). The number of aromatic nitrogens is 1. The van der Waals surface area contributed by atoms with Gasteiger partial charge in [0, 0.05) is 12.4 Å². The number of hydrogen-bond donors (Lipinski definition) is 1. The van der Waals surface area contributed by atoms with Crippen molar-refractivity contribution >= 4 is 16.8 Å². The fourth-order valence-electron chi connectivity index (χ4n) is 2.64. The fourth-order valence-corrected chi connectivity index (χ4v) is 2.64. The van der Waals surface area contributed by atoms with E-state index in [-0.39, 0.29) is 17.8 Å². The van der Waals surface area contributed by atoms with Gasteiger partial charge in [0.05, 0.1) is 11.6 Å². The minimum Gasteiger partial charge on any atom is -0.344 e. The Balaban J connectivity index is 1.90. The zero-order valence-corrected chi connectivity index (χ0v) is 12.5. The van der Waals surface area contributed by atoms with Crippen molar-refractivity contribution < 1.29 is 9.18 Å². The summed E-state index contributed by atoms with van der Waals surface area (Å²) in [5.41, 5.74) is 2.18. The van der Waals surface area contributed by atoms with Gasteiger partial charge in [0.15, 0.2) is 0 Å². The van der Waals surface area contributed by atoms with Crippen LogP contribution in [0.2, 0.25) is 0 Å². The van der Waals surface area contributed by atoms with Gasteiger partial charge in [-0.25, -0.2) is 4.39 Å². The zero-order chi connectivity index (χ0) is 15.7. The summed E-state index contributed by atoms with van der Waals surface area (Å²) in [4.78, 5) is 12.5. The Morgan fingerprint density at radius 2 is 1.86 bits per heavy atom. The van der Waals surface area contributed by atoms with Crippen LogP contribution in [-0.4, -0.2) is 10.5 Å². The van der Waals surface area contributed by atoms with Gasteiger partial charge in [-0.2, -0.15) is 0 Å². The van der Waals surface area contributed by atoms with Crippen molar-refractivity contribution in [1.29, 1.82) is 0 Å². The van der Waals surface area contributed by atoms with Gasteiger partial charge < -0.3 is 9.88 Å². The average molecular weight is 296 g/mol. The molecule has 1 heterocycles. The molecule has 0 spiro atoms. The lowest BCUT2D eigenvalue weighted by molar-refractivity contribution is 0.0932. The van der Waals surface area contributed by atoms with E-state index >= 15 is 0 Å². The first-order valence-electron chi connectivity index (χ1n) is 7.17. The molecule has 112 valence electrons. The van der Waals surface area contributed by atoms with E-state index in [0.717, 1.165) is 5.56 Å². The third-order valence-electron chi connectivity index (χ3n) is 3.91. The molecule has 22 heavy (non-hydrogen) atoms. The number of carbonyl (C=O) groups is 1. The Labute approximate surface area is 128 Å². The highest BCUT2D eigenvalue weighted by Crippen LogP contribution is 2.22. The molecule has 4 heteroatoms. The summed E-state index contributed by atoms with van der Waals surface area (Å²) in [6.07, 6.45) is 0. The minimum atomic E-state index is -0.316. The Kier molecular flexibility index (Phi) is 3.67. The van der Waals surface area contributed by atoms with Gasteiger partial charge in [0.25, 0.3) is 5.91 Å². The molecule has 0 aliphatic carbocycles. The van der Waals surface area contributed by atoms with Crippen LogP contribution in [0.5, 0.6) is 0 Å². The summed E-state index contributed by atoms with van der Waals surface area (Å²) in [6.45, 7) is 1.93. The molecule has 3 aromatic rings. The van der Waals surface area contributed by atoms with E-state index in [4.69, 9.17) is 0 Å². The maximum absolute atomic E-state index is 13.8. The van der Waals surface area contributed by atoms with Crippen molar-refractivity contribution in [2.24, 2.45) is 7.05 Å². The van der Waals surface area contributed by atoms with Crippen LogP contribution in [0.25, 0.3) is 10.9 Å². The second-order valence-electron chi connectivity index (χ2n) is 5.37. The molecule has 1 unspecified atom stereocenters. The van der Waals surface area contributed by atoms with Crippen molar-refractivity contribution in [3.8, 4) is 0 Å². The summed E-state index contributed by atoms with van der Waals surface area (Å²) in [7, 11) is 1.77. The first-order chi connectivity index (χ1) is 10.6. The predicted molar refractivity (Wildman–Crippen MR) is 85.2 cm³/mol. The van der Waals surface area contributed by atoms with Crippen molar-refractivity contribution in [3.63, 3.8) is 0 Å². The van der Waals surface area contributed by atoms with Gasteiger partial charge in [0.2, 0.25) is 0 Å². The third kappa shape index (κ3) is 2.48. The minimum absolute atomic E-state index is 0.114. The van der Waals surface area contributed by atoms with Crippen LogP contribution in [0.1, 0.15) is 29.0 Å². The number of amides is 1. The van der Waals surface area contributed by atoms with Crippen LogP contribution in [0.4, 0.5) is 4.39 Å². The number of nitrogens with zero attached hydrogens (tertiary/aromatic N) is 1. The number of halogens is 1. The Bertz CT molecular complexity index is 824. The highest BCUT2D eigenvalue weighted by Gasteiger charge is 2.17. The van der Waals surface area contributed by atoms with Crippen LogP contribution in [-0.2, 0) is 7.05 Å². The van der Waals surface area contributed by atoms with E-state index in [1.807, 2.05) is 37.3 Å². The van der Waals surface area contributed by atoms with Crippen LogP contribution in [0.3, 0.4) is 0 Å². The average Bonchev–Trinajstić information content (AvgIpc) is 2.87. The van der Waals surface area contributed by atoms with E-state index in [2.05, 4.69) is 5.32 Å². The van der Waals surface area contributed by atoms with Crippen molar-refractivity contribution in [2.45, 2.75) is 13.0 Å². The molecular formula is C18H17FN2O. The number of nitrogens with one attached hydrogen (secondary N) is 1. The van der Waals surface area contributed by atoms with Gasteiger partial charge in [-0.15, -0.1) is 0 Å². The molecular weight excluding hydrogens is 279 g/mol. The Morgan fingerprint density at radius 1 is 1.14 bits per heavy atom. The summed E-state index contributed by atoms with van der Waals surface area (Å²) in [5.74, 6) is -0.530. The van der Waals surface area contributed by atoms with Crippen LogP contribution < -0.4 is 5.32 Å². The number of rotatable bonds is 3. The molecule has 0 radical (unpaired) electrons. The molecule has 1 aromatic heterocycles. The number of fused-ring (bicyclic) bond motifs is 1. The van der Waals surface area contributed by atoms with Gasteiger partial charge in [-0.1, -0.05) is 36.4 Å². The normalized spacial score (nSPS) is 12.3. The number of carbonyl (C=O) groups excluding carboxylic acids is 1. The molecule has 1 N–H and O–H groups in total. The SMILES string of the molecule is CC(NC(=O)c1cc2c(F)cccc2n1C)c1ccccc1. The molecule has 0 saturated heterocycles. The Hall–Kier alpha value is -2.62. The molecule has 2 aromatic carbocycles. The maximum atomic E-state index is 13.8. The van der Waals surface area contributed by atoms with Crippen molar-refractivity contribution in [2.75, 3.05) is 0 Å². The second-order valence-corrected chi connectivity index (χ2v) is 5.37. The molecule has 1 atom stereocenters. The van der Waals surface area contributed by atoms with Crippen LogP contribution in [0, 0.1) is 5.82 Å². The van der Waals surface area contributed by atoms with Crippen molar-refractivity contribution in [1.82, 2.24) is 9.88 Å². The van der Waals surface area contributed by atoms with E-state index in [1.165, 1.54) is 6.07 Å². The van der Waals surface area contributed by atoms with Gasteiger partial charge in [0.1, 0.15) is 11.5 Å². The molecule has 3 rings (SSSR count). The van der Waals surface area contributed by atoms with E-state index in [0.29, 0.717) is 16.6 Å². The summed E-state index contributed by atoms with van der Waals surface area (Å²) < 4.78 is 15.5. The number of aryl methyl sites for hydroxylation is 1. The fraction of sp³-hybridized carbons (Fsp3) is 0.167. The summed E-state index contributed by atoms with van der Waals surface area (Å²) in [6, 6.07) is 16.1. The summed E-state index contributed by atoms with van der Waals surface area (Å²) in [5, 5.41) is 3.41. The monoisotopic (exact) mass is 296 g/mol. The lowest BCUT2D eigenvalue weighted by atomic mass is 10.1. The lowest BCUT2D eigenvalue weighted by Crippen LogP contribution is -2.28. The second kappa shape index (κ2) is 5.64. The molecule has 0 aliphatic rings. The Morgan fingerprint density at radius 3 is 2.55 bits per heavy atom. The van der Waals surface area contributed by atoms with Crippen molar-refractivity contribution in [3.05, 3.63) is 71.7 Å². The first-order valence-corrected chi connectivity index (χ1v) is 7.17. The number of benzene rings is 2. The van der Waals surface area contributed by atoms with E-state index in [9.17, 15) is 9.18 Å².